The van der Waals surface area contributed by atoms with Gasteiger partial charge in [-0.05, 0) is 87.6 Å². The number of hydrogen-bond donors (Lipinski definition) is 0. The predicted octanol–water partition coefficient (Wildman–Crippen LogP) is 12.1. The fourth-order valence-electron chi connectivity index (χ4n) is 6.02. The first-order valence-electron chi connectivity index (χ1n) is 14.9. The van der Waals surface area contributed by atoms with Crippen molar-refractivity contribution in [1.29, 1.82) is 0 Å². The van der Waals surface area contributed by atoms with Gasteiger partial charge in [-0.25, -0.2) is 0 Å². The number of furan rings is 1. The van der Waals surface area contributed by atoms with Crippen LogP contribution in [0.2, 0.25) is 0 Å². The number of rotatable bonds is 6. The van der Waals surface area contributed by atoms with E-state index < -0.39 is 0 Å². The first-order chi connectivity index (χ1) is 21.8. The van der Waals surface area contributed by atoms with Crippen LogP contribution in [0.4, 0.5) is 17.1 Å². The van der Waals surface area contributed by atoms with Gasteiger partial charge in [0.25, 0.3) is 0 Å². The Morgan fingerprint density at radius 3 is 1.59 bits per heavy atom. The van der Waals surface area contributed by atoms with Crippen molar-refractivity contribution in [2.75, 3.05) is 4.90 Å². The highest BCUT2D eigenvalue weighted by molar-refractivity contribution is 5.92. The first-order valence-corrected chi connectivity index (χ1v) is 14.9. The van der Waals surface area contributed by atoms with Crippen molar-refractivity contribution in [3.05, 3.63) is 176 Å². The molecule has 0 aliphatic heterocycles. The average Bonchev–Trinajstić information content (AvgIpc) is 3.54. The van der Waals surface area contributed by atoms with E-state index in [2.05, 4.69) is 163 Å². The van der Waals surface area contributed by atoms with Crippen LogP contribution in [0.15, 0.2) is 180 Å². The fourth-order valence-corrected chi connectivity index (χ4v) is 6.02. The Kier molecular flexibility index (Phi) is 6.51. The molecule has 44 heavy (non-hydrogen) atoms. The van der Waals surface area contributed by atoms with E-state index >= 15 is 0 Å². The molecular weight excluding hydrogens is 534 g/mol. The van der Waals surface area contributed by atoms with Gasteiger partial charge in [-0.2, -0.15) is 0 Å². The van der Waals surface area contributed by atoms with Crippen molar-refractivity contribution in [3.8, 4) is 33.6 Å². The lowest BCUT2D eigenvalue weighted by atomic mass is 9.97. The van der Waals surface area contributed by atoms with E-state index in [1.165, 1.54) is 33.0 Å². The number of benzene rings is 7. The number of fused-ring (bicyclic) bond motifs is 2. The molecule has 1 heterocycles. The maximum atomic E-state index is 6.29. The summed E-state index contributed by atoms with van der Waals surface area (Å²) in [5, 5.41) is 3.52. The zero-order valence-electron chi connectivity index (χ0n) is 24.1. The van der Waals surface area contributed by atoms with Gasteiger partial charge < -0.3 is 9.32 Å². The highest BCUT2D eigenvalue weighted by Gasteiger charge is 2.18. The van der Waals surface area contributed by atoms with Gasteiger partial charge in [0.1, 0.15) is 11.3 Å². The van der Waals surface area contributed by atoms with Gasteiger partial charge in [0.15, 0.2) is 0 Å². The van der Waals surface area contributed by atoms with Gasteiger partial charge in [-0.3, -0.25) is 0 Å². The van der Waals surface area contributed by atoms with Crippen molar-refractivity contribution in [2.24, 2.45) is 0 Å². The standard InChI is InChI=1S/C42H29NO/c1-3-12-30(13-4-1)36-24-37(31-14-5-2-6-15-31)28-40(27-36)43(39-23-22-32-16-7-8-17-33(32)25-39)38-20-11-19-34(26-38)42-29-35-18-9-10-21-41(35)44-42/h1-29H. The normalized spacial score (nSPS) is 11.2. The largest absolute Gasteiger partial charge is 0.456 e. The van der Waals surface area contributed by atoms with Gasteiger partial charge in [0.2, 0.25) is 0 Å². The lowest BCUT2D eigenvalue weighted by Crippen LogP contribution is -2.10. The smallest absolute Gasteiger partial charge is 0.135 e. The van der Waals surface area contributed by atoms with E-state index in [1.807, 2.05) is 18.2 Å². The Balaban J connectivity index is 1.35. The fraction of sp³-hybridized carbons (Fsp3) is 0. The Bertz CT molecular complexity index is 2140. The van der Waals surface area contributed by atoms with Gasteiger partial charge in [0.05, 0.1) is 0 Å². The van der Waals surface area contributed by atoms with Crippen LogP contribution in [0.5, 0.6) is 0 Å². The lowest BCUT2D eigenvalue weighted by Gasteiger charge is -2.27. The maximum absolute atomic E-state index is 6.29. The third-order valence-corrected chi connectivity index (χ3v) is 8.20. The number of nitrogens with zero attached hydrogens (tertiary/aromatic N) is 1. The van der Waals surface area contributed by atoms with Crippen LogP contribution < -0.4 is 4.90 Å². The van der Waals surface area contributed by atoms with E-state index in [1.54, 1.807) is 0 Å². The van der Waals surface area contributed by atoms with Gasteiger partial charge in [-0.1, -0.05) is 121 Å². The predicted molar refractivity (Wildman–Crippen MR) is 185 cm³/mol. The van der Waals surface area contributed by atoms with Gasteiger partial charge in [0, 0.05) is 28.0 Å². The van der Waals surface area contributed by atoms with Crippen LogP contribution in [-0.4, -0.2) is 0 Å². The second-order valence-corrected chi connectivity index (χ2v) is 11.1. The summed E-state index contributed by atoms with van der Waals surface area (Å²) in [4.78, 5) is 2.36. The molecule has 2 heteroatoms. The number of para-hydroxylation sites is 1. The van der Waals surface area contributed by atoms with Crippen molar-refractivity contribution >= 4 is 38.8 Å². The molecule has 208 valence electrons. The second kappa shape index (κ2) is 11.1. The molecule has 0 aliphatic carbocycles. The summed E-state index contributed by atoms with van der Waals surface area (Å²) in [7, 11) is 0. The summed E-state index contributed by atoms with van der Waals surface area (Å²) >= 11 is 0. The van der Waals surface area contributed by atoms with E-state index in [4.69, 9.17) is 4.42 Å². The summed E-state index contributed by atoms with van der Waals surface area (Å²) in [6.45, 7) is 0. The monoisotopic (exact) mass is 563 g/mol. The molecule has 0 fully saturated rings. The quantitative estimate of drug-likeness (QED) is 0.200. The van der Waals surface area contributed by atoms with Crippen molar-refractivity contribution in [3.63, 3.8) is 0 Å². The average molecular weight is 564 g/mol. The Morgan fingerprint density at radius 1 is 0.318 bits per heavy atom. The second-order valence-electron chi connectivity index (χ2n) is 11.1. The minimum absolute atomic E-state index is 0.856. The first kappa shape index (κ1) is 25.8. The van der Waals surface area contributed by atoms with E-state index in [9.17, 15) is 0 Å². The summed E-state index contributed by atoms with van der Waals surface area (Å²) in [5.74, 6) is 0.856. The lowest BCUT2D eigenvalue weighted by molar-refractivity contribution is 0.631. The van der Waals surface area contributed by atoms with Crippen molar-refractivity contribution in [1.82, 2.24) is 0 Å². The highest BCUT2D eigenvalue weighted by Crippen LogP contribution is 2.42. The van der Waals surface area contributed by atoms with Crippen LogP contribution in [0.25, 0.3) is 55.3 Å². The Morgan fingerprint density at radius 2 is 0.886 bits per heavy atom. The summed E-state index contributed by atoms with van der Waals surface area (Å²) < 4.78 is 6.29. The zero-order chi connectivity index (χ0) is 29.3. The van der Waals surface area contributed by atoms with E-state index in [0.717, 1.165) is 39.4 Å². The third kappa shape index (κ3) is 4.93. The number of hydrogen-bond acceptors (Lipinski definition) is 2. The van der Waals surface area contributed by atoms with Crippen LogP contribution >= 0.6 is 0 Å². The molecular formula is C42H29NO. The molecule has 0 amide bonds. The summed E-state index contributed by atoms with van der Waals surface area (Å²) in [5.41, 5.74) is 9.86. The molecule has 0 spiro atoms. The van der Waals surface area contributed by atoms with Crippen LogP contribution in [-0.2, 0) is 0 Å². The Hall–Kier alpha value is -5.86. The molecule has 0 saturated carbocycles. The maximum Gasteiger partial charge on any atom is 0.135 e. The SMILES string of the molecule is c1ccc(-c2cc(-c3ccccc3)cc(N(c3cccc(-c4cc5ccccc5o4)c3)c3ccc4ccccc4c3)c2)cc1. The molecule has 0 unspecified atom stereocenters. The Labute approximate surface area is 257 Å². The number of anilines is 3. The van der Waals surface area contributed by atoms with Crippen LogP contribution in [0, 0.1) is 0 Å². The molecule has 8 aromatic rings. The molecule has 1 aromatic heterocycles. The molecule has 2 nitrogen and oxygen atoms in total. The van der Waals surface area contributed by atoms with Gasteiger partial charge in [-0.15, -0.1) is 0 Å². The minimum Gasteiger partial charge on any atom is -0.456 e. The van der Waals surface area contributed by atoms with Crippen molar-refractivity contribution < 1.29 is 4.42 Å². The molecule has 0 saturated heterocycles. The molecule has 0 bridgehead atoms. The van der Waals surface area contributed by atoms with Crippen molar-refractivity contribution in [2.45, 2.75) is 0 Å². The topological polar surface area (TPSA) is 16.4 Å². The van der Waals surface area contributed by atoms with E-state index in [-0.39, 0.29) is 0 Å². The van der Waals surface area contributed by atoms with Crippen LogP contribution in [0.3, 0.4) is 0 Å². The van der Waals surface area contributed by atoms with Gasteiger partial charge >= 0.3 is 0 Å². The minimum atomic E-state index is 0.856. The molecule has 0 N–H and O–H groups in total. The highest BCUT2D eigenvalue weighted by atomic mass is 16.3. The molecule has 7 aromatic carbocycles. The zero-order valence-corrected chi connectivity index (χ0v) is 24.1. The molecule has 0 radical (unpaired) electrons. The van der Waals surface area contributed by atoms with Crippen LogP contribution in [0.1, 0.15) is 0 Å². The van der Waals surface area contributed by atoms with E-state index in [0.29, 0.717) is 0 Å². The summed E-state index contributed by atoms with van der Waals surface area (Å²) in [6.07, 6.45) is 0. The summed E-state index contributed by atoms with van der Waals surface area (Å²) in [6, 6.07) is 62.3. The molecule has 8 rings (SSSR count). The molecule has 0 aliphatic rings. The molecule has 0 atom stereocenters. The third-order valence-electron chi connectivity index (χ3n) is 8.20.